The van der Waals surface area contributed by atoms with E-state index in [1.54, 1.807) is 18.2 Å². The fourth-order valence-electron chi connectivity index (χ4n) is 2.98. The van der Waals surface area contributed by atoms with Crippen LogP contribution in [0.5, 0.6) is 0 Å². The smallest absolute Gasteiger partial charge is 0.261 e. The number of amides is 2. The normalized spacial score (nSPS) is 17.5. The summed E-state index contributed by atoms with van der Waals surface area (Å²) in [6, 6.07) is 11.9. The van der Waals surface area contributed by atoms with Crippen LogP contribution in [0.2, 0.25) is 0 Å². The molecule has 0 N–H and O–H groups in total. The Morgan fingerprint density at radius 1 is 1.04 bits per heavy atom. The van der Waals surface area contributed by atoms with Gasteiger partial charge in [-0.1, -0.05) is 36.4 Å². The summed E-state index contributed by atoms with van der Waals surface area (Å²) in [7, 11) is -3.86. The van der Waals surface area contributed by atoms with Crippen molar-refractivity contribution in [3.05, 3.63) is 71.0 Å². The second-order valence-corrected chi connectivity index (χ2v) is 9.02. The Balaban J connectivity index is 2.13. The summed E-state index contributed by atoms with van der Waals surface area (Å²) in [6.45, 7) is 2.66. The van der Waals surface area contributed by atoms with Gasteiger partial charge in [0, 0.05) is 11.1 Å². The summed E-state index contributed by atoms with van der Waals surface area (Å²) in [5.41, 5.74) is 0.480. The van der Waals surface area contributed by atoms with Gasteiger partial charge in [0.05, 0.1) is 11.8 Å². The van der Waals surface area contributed by atoms with Crippen LogP contribution in [-0.2, 0) is 21.2 Å². The SMILES string of the molecule is CC(C)S(=O)(=O)C1C(=O)N(Cc2ccccc2F)C(=O)c2ccccc21. The van der Waals surface area contributed by atoms with Crippen LogP contribution >= 0.6 is 0 Å². The minimum Gasteiger partial charge on any atom is -0.272 e. The van der Waals surface area contributed by atoms with Crippen molar-refractivity contribution < 1.29 is 22.4 Å². The van der Waals surface area contributed by atoms with Crippen LogP contribution in [0, 0.1) is 5.82 Å². The summed E-state index contributed by atoms with van der Waals surface area (Å²) in [4.78, 5) is 26.6. The summed E-state index contributed by atoms with van der Waals surface area (Å²) in [6.07, 6.45) is 0. The molecular weight excluding hydrogens is 357 g/mol. The molecule has 1 aliphatic rings. The molecule has 0 saturated carbocycles. The molecule has 1 heterocycles. The van der Waals surface area contributed by atoms with Gasteiger partial charge in [-0.15, -0.1) is 0 Å². The van der Waals surface area contributed by atoms with Crippen molar-refractivity contribution in [3.63, 3.8) is 0 Å². The molecule has 2 aromatic carbocycles. The molecule has 1 unspecified atom stereocenters. The standard InChI is InChI=1S/C19H18FNO4S/c1-12(2)26(24,25)17-14-8-4-5-9-15(14)18(22)21(19(17)23)11-13-7-3-6-10-16(13)20/h3-10,12,17H,11H2,1-2H3. The number of carbonyl (C=O) groups is 2. The summed E-state index contributed by atoms with van der Waals surface area (Å²) < 4.78 is 39.6. The predicted octanol–water partition coefficient (Wildman–Crippen LogP) is 2.87. The van der Waals surface area contributed by atoms with E-state index in [1.807, 2.05) is 0 Å². The van der Waals surface area contributed by atoms with Crippen LogP contribution < -0.4 is 0 Å². The lowest BCUT2D eigenvalue weighted by Crippen LogP contribution is -2.47. The minimum atomic E-state index is -3.86. The molecule has 7 heteroatoms. The van der Waals surface area contributed by atoms with E-state index in [4.69, 9.17) is 0 Å². The Morgan fingerprint density at radius 2 is 1.65 bits per heavy atom. The summed E-state index contributed by atoms with van der Waals surface area (Å²) in [5.74, 6) is -2.02. The third-order valence-corrected chi connectivity index (χ3v) is 6.91. The summed E-state index contributed by atoms with van der Waals surface area (Å²) in [5, 5.41) is -2.27. The van der Waals surface area contributed by atoms with Gasteiger partial charge in [-0.2, -0.15) is 0 Å². The van der Waals surface area contributed by atoms with Gasteiger partial charge in [0.1, 0.15) is 5.82 Å². The van der Waals surface area contributed by atoms with Crippen molar-refractivity contribution in [2.24, 2.45) is 0 Å². The third-order valence-electron chi connectivity index (χ3n) is 4.48. The molecule has 5 nitrogen and oxygen atoms in total. The molecule has 0 aliphatic carbocycles. The number of hydrogen-bond acceptors (Lipinski definition) is 4. The Hall–Kier alpha value is -2.54. The molecule has 0 fully saturated rings. The van der Waals surface area contributed by atoms with Crippen molar-refractivity contribution in [1.29, 1.82) is 0 Å². The molecule has 1 aliphatic heterocycles. The minimum absolute atomic E-state index is 0.147. The van der Waals surface area contributed by atoms with E-state index in [9.17, 15) is 22.4 Å². The number of hydrogen-bond donors (Lipinski definition) is 0. The van der Waals surface area contributed by atoms with Gasteiger partial charge >= 0.3 is 0 Å². The first kappa shape index (κ1) is 18.3. The molecule has 2 aromatic rings. The Morgan fingerprint density at radius 3 is 2.31 bits per heavy atom. The van der Waals surface area contributed by atoms with Gasteiger partial charge in [-0.3, -0.25) is 14.5 Å². The van der Waals surface area contributed by atoms with E-state index < -0.39 is 38.0 Å². The first-order chi connectivity index (χ1) is 12.2. The van der Waals surface area contributed by atoms with Crippen molar-refractivity contribution >= 4 is 21.7 Å². The van der Waals surface area contributed by atoms with Crippen LogP contribution in [0.15, 0.2) is 48.5 Å². The number of halogens is 1. The largest absolute Gasteiger partial charge is 0.272 e. The molecule has 0 saturated heterocycles. The molecule has 0 aromatic heterocycles. The first-order valence-electron chi connectivity index (χ1n) is 8.16. The number of benzene rings is 2. The maximum atomic E-state index is 14.0. The molecule has 1 atom stereocenters. The maximum Gasteiger partial charge on any atom is 0.261 e. The zero-order valence-corrected chi connectivity index (χ0v) is 15.2. The maximum absolute atomic E-state index is 14.0. The molecule has 0 radical (unpaired) electrons. The van der Waals surface area contributed by atoms with Gasteiger partial charge < -0.3 is 0 Å². The Bertz CT molecular complexity index is 985. The Kier molecular flexibility index (Phi) is 4.66. The van der Waals surface area contributed by atoms with Crippen molar-refractivity contribution in [2.45, 2.75) is 30.9 Å². The lowest BCUT2D eigenvalue weighted by Gasteiger charge is -2.33. The van der Waals surface area contributed by atoms with E-state index >= 15 is 0 Å². The second-order valence-electron chi connectivity index (χ2n) is 6.43. The molecule has 3 rings (SSSR count). The van der Waals surface area contributed by atoms with E-state index in [1.165, 1.54) is 44.2 Å². The van der Waals surface area contributed by atoms with E-state index in [0.29, 0.717) is 0 Å². The molecule has 2 amide bonds. The molecule has 26 heavy (non-hydrogen) atoms. The number of fused-ring (bicyclic) bond motifs is 1. The number of sulfone groups is 1. The fourth-order valence-corrected chi connectivity index (χ4v) is 4.49. The van der Waals surface area contributed by atoms with Crippen molar-refractivity contribution in [2.75, 3.05) is 0 Å². The first-order valence-corrected chi connectivity index (χ1v) is 9.77. The number of carbonyl (C=O) groups excluding carboxylic acids is 2. The zero-order chi connectivity index (χ0) is 19.1. The summed E-state index contributed by atoms with van der Waals surface area (Å²) >= 11 is 0. The van der Waals surface area contributed by atoms with Gasteiger partial charge in [-0.25, -0.2) is 12.8 Å². The van der Waals surface area contributed by atoms with Crippen LogP contribution in [0.25, 0.3) is 0 Å². The Labute approximate surface area is 151 Å². The van der Waals surface area contributed by atoms with Crippen molar-refractivity contribution in [3.8, 4) is 0 Å². The van der Waals surface area contributed by atoms with Crippen molar-refractivity contribution in [1.82, 2.24) is 4.90 Å². The lowest BCUT2D eigenvalue weighted by molar-refractivity contribution is -0.129. The average molecular weight is 375 g/mol. The highest BCUT2D eigenvalue weighted by atomic mass is 32.2. The molecule has 0 spiro atoms. The van der Waals surface area contributed by atoms with E-state index in [-0.39, 0.29) is 23.2 Å². The van der Waals surface area contributed by atoms with Crippen LogP contribution in [0.3, 0.4) is 0 Å². The van der Waals surface area contributed by atoms with Gasteiger partial charge in [-0.05, 0) is 31.5 Å². The zero-order valence-electron chi connectivity index (χ0n) is 14.3. The number of imide groups is 1. The lowest BCUT2D eigenvalue weighted by atomic mass is 9.97. The van der Waals surface area contributed by atoms with Crippen LogP contribution in [-0.4, -0.2) is 30.4 Å². The van der Waals surface area contributed by atoms with Gasteiger partial charge in [0.15, 0.2) is 15.1 Å². The van der Waals surface area contributed by atoms with E-state index in [0.717, 1.165) is 4.90 Å². The highest BCUT2D eigenvalue weighted by Gasteiger charge is 2.46. The third kappa shape index (κ3) is 2.92. The predicted molar refractivity (Wildman–Crippen MR) is 94.5 cm³/mol. The average Bonchev–Trinajstić information content (AvgIpc) is 2.60. The topological polar surface area (TPSA) is 71.5 Å². The van der Waals surface area contributed by atoms with Crippen LogP contribution in [0.4, 0.5) is 4.39 Å². The second kappa shape index (κ2) is 6.64. The monoisotopic (exact) mass is 375 g/mol. The highest BCUT2D eigenvalue weighted by molar-refractivity contribution is 7.93. The van der Waals surface area contributed by atoms with Gasteiger partial charge in [0.2, 0.25) is 0 Å². The van der Waals surface area contributed by atoms with Crippen LogP contribution in [0.1, 0.15) is 40.6 Å². The number of nitrogens with zero attached hydrogens (tertiary/aromatic N) is 1. The van der Waals surface area contributed by atoms with E-state index in [2.05, 4.69) is 0 Å². The quantitative estimate of drug-likeness (QED) is 0.771. The molecular formula is C19H18FNO4S. The molecule has 0 bridgehead atoms. The van der Waals surface area contributed by atoms with Gasteiger partial charge in [0.25, 0.3) is 11.8 Å². The number of rotatable bonds is 4. The highest BCUT2D eigenvalue weighted by Crippen LogP contribution is 2.36. The fraction of sp³-hybridized carbons (Fsp3) is 0.263. The molecule has 136 valence electrons.